The standard InChI is InChI=1S/C19H18ClNO2S/c1-13-9-15(19-21-7-8-24-19)4-5-16(13)12-23-17-6-3-14(11-20)10-18(17)22-2/h3-10H,11-12H2,1-2H3. The Morgan fingerprint density at radius 2 is 2.00 bits per heavy atom. The van der Waals surface area contributed by atoms with Crippen molar-refractivity contribution in [2.75, 3.05) is 7.11 Å². The van der Waals surface area contributed by atoms with E-state index in [1.807, 2.05) is 29.8 Å². The van der Waals surface area contributed by atoms with Gasteiger partial charge in [0.25, 0.3) is 0 Å². The van der Waals surface area contributed by atoms with Crippen LogP contribution in [-0.2, 0) is 12.5 Å². The molecular weight excluding hydrogens is 342 g/mol. The number of halogens is 1. The average Bonchev–Trinajstić information content (AvgIpc) is 3.15. The van der Waals surface area contributed by atoms with Gasteiger partial charge in [0.2, 0.25) is 0 Å². The van der Waals surface area contributed by atoms with Gasteiger partial charge >= 0.3 is 0 Å². The summed E-state index contributed by atoms with van der Waals surface area (Å²) in [5.74, 6) is 1.87. The molecular formula is C19H18ClNO2S. The van der Waals surface area contributed by atoms with Crippen molar-refractivity contribution in [1.82, 2.24) is 4.98 Å². The van der Waals surface area contributed by atoms with Crippen molar-refractivity contribution in [2.24, 2.45) is 0 Å². The van der Waals surface area contributed by atoms with E-state index in [2.05, 4.69) is 30.1 Å². The molecule has 2 aromatic carbocycles. The summed E-state index contributed by atoms with van der Waals surface area (Å²) >= 11 is 7.50. The zero-order chi connectivity index (χ0) is 16.9. The molecule has 0 aliphatic heterocycles. The lowest BCUT2D eigenvalue weighted by Crippen LogP contribution is -2.00. The number of rotatable bonds is 6. The minimum Gasteiger partial charge on any atom is -0.493 e. The Morgan fingerprint density at radius 1 is 1.12 bits per heavy atom. The Labute approximate surface area is 150 Å². The molecule has 0 N–H and O–H groups in total. The summed E-state index contributed by atoms with van der Waals surface area (Å²) < 4.78 is 11.3. The molecule has 5 heteroatoms. The van der Waals surface area contributed by atoms with E-state index in [0.717, 1.165) is 27.4 Å². The zero-order valence-corrected chi connectivity index (χ0v) is 15.2. The van der Waals surface area contributed by atoms with Crippen molar-refractivity contribution in [3.63, 3.8) is 0 Å². The molecule has 1 aromatic heterocycles. The summed E-state index contributed by atoms with van der Waals surface area (Å²) in [6.07, 6.45) is 1.82. The molecule has 0 bridgehead atoms. The molecule has 0 saturated heterocycles. The fraction of sp³-hybridized carbons (Fsp3) is 0.211. The lowest BCUT2D eigenvalue weighted by Gasteiger charge is -2.13. The van der Waals surface area contributed by atoms with Crippen LogP contribution in [0.1, 0.15) is 16.7 Å². The van der Waals surface area contributed by atoms with Crippen molar-refractivity contribution < 1.29 is 9.47 Å². The van der Waals surface area contributed by atoms with Gasteiger partial charge < -0.3 is 9.47 Å². The quantitative estimate of drug-likeness (QED) is 0.549. The summed E-state index contributed by atoms with van der Waals surface area (Å²) in [7, 11) is 1.63. The molecule has 0 fully saturated rings. The average molecular weight is 360 g/mol. The number of alkyl halides is 1. The molecule has 3 rings (SSSR count). The number of ether oxygens (including phenoxy) is 2. The maximum atomic E-state index is 5.94. The van der Waals surface area contributed by atoms with Crippen LogP contribution < -0.4 is 9.47 Å². The lowest BCUT2D eigenvalue weighted by atomic mass is 10.1. The molecule has 3 aromatic rings. The molecule has 24 heavy (non-hydrogen) atoms. The van der Waals surface area contributed by atoms with Crippen molar-refractivity contribution in [3.05, 3.63) is 64.7 Å². The topological polar surface area (TPSA) is 31.4 Å². The van der Waals surface area contributed by atoms with Gasteiger partial charge in [0, 0.05) is 23.0 Å². The van der Waals surface area contributed by atoms with E-state index in [1.165, 1.54) is 5.56 Å². The number of nitrogens with zero attached hydrogens (tertiary/aromatic N) is 1. The van der Waals surface area contributed by atoms with Crippen LogP contribution in [0.25, 0.3) is 10.6 Å². The Bertz CT molecular complexity index is 818. The first-order chi connectivity index (χ1) is 11.7. The van der Waals surface area contributed by atoms with Crippen LogP contribution in [0.4, 0.5) is 0 Å². The molecule has 0 saturated carbocycles. The third kappa shape index (κ3) is 3.71. The van der Waals surface area contributed by atoms with Crippen LogP contribution in [0.2, 0.25) is 0 Å². The van der Waals surface area contributed by atoms with Crippen LogP contribution in [-0.4, -0.2) is 12.1 Å². The summed E-state index contributed by atoms with van der Waals surface area (Å²) in [5.41, 5.74) is 4.46. The fourth-order valence-electron chi connectivity index (χ4n) is 2.43. The predicted molar refractivity (Wildman–Crippen MR) is 99.2 cm³/mol. The predicted octanol–water partition coefficient (Wildman–Crippen LogP) is 5.44. The molecule has 0 amide bonds. The van der Waals surface area contributed by atoms with Gasteiger partial charge in [-0.1, -0.05) is 18.2 Å². The van der Waals surface area contributed by atoms with Gasteiger partial charge in [-0.15, -0.1) is 22.9 Å². The van der Waals surface area contributed by atoms with Crippen LogP contribution in [0.5, 0.6) is 11.5 Å². The van der Waals surface area contributed by atoms with Gasteiger partial charge in [-0.25, -0.2) is 4.98 Å². The van der Waals surface area contributed by atoms with E-state index < -0.39 is 0 Å². The second kappa shape index (κ2) is 7.69. The maximum Gasteiger partial charge on any atom is 0.161 e. The molecule has 0 radical (unpaired) electrons. The number of aromatic nitrogens is 1. The number of benzene rings is 2. The number of methoxy groups -OCH3 is 1. The van der Waals surface area contributed by atoms with Gasteiger partial charge in [0.15, 0.2) is 11.5 Å². The zero-order valence-electron chi connectivity index (χ0n) is 13.6. The number of hydrogen-bond donors (Lipinski definition) is 0. The summed E-state index contributed by atoms with van der Waals surface area (Å²) in [4.78, 5) is 4.35. The van der Waals surface area contributed by atoms with E-state index in [1.54, 1.807) is 18.4 Å². The van der Waals surface area contributed by atoms with E-state index >= 15 is 0 Å². The Kier molecular flexibility index (Phi) is 5.38. The van der Waals surface area contributed by atoms with E-state index in [-0.39, 0.29) is 0 Å². The number of thiazole rings is 1. The van der Waals surface area contributed by atoms with Crippen LogP contribution in [0.15, 0.2) is 48.0 Å². The molecule has 0 aliphatic carbocycles. The van der Waals surface area contributed by atoms with E-state index in [9.17, 15) is 0 Å². The van der Waals surface area contributed by atoms with E-state index in [4.69, 9.17) is 21.1 Å². The second-order valence-corrected chi connectivity index (χ2v) is 6.55. The number of aryl methyl sites for hydroxylation is 1. The molecule has 124 valence electrons. The van der Waals surface area contributed by atoms with Gasteiger partial charge in [-0.2, -0.15) is 0 Å². The third-order valence-electron chi connectivity index (χ3n) is 3.79. The van der Waals surface area contributed by atoms with Gasteiger partial charge in [0.1, 0.15) is 11.6 Å². The van der Waals surface area contributed by atoms with Crippen molar-refractivity contribution >= 4 is 22.9 Å². The monoisotopic (exact) mass is 359 g/mol. The van der Waals surface area contributed by atoms with Crippen LogP contribution >= 0.6 is 22.9 Å². The van der Waals surface area contributed by atoms with Crippen LogP contribution in [0.3, 0.4) is 0 Å². The molecule has 1 heterocycles. The Morgan fingerprint density at radius 3 is 2.67 bits per heavy atom. The first-order valence-electron chi connectivity index (χ1n) is 7.56. The molecule has 0 spiro atoms. The first kappa shape index (κ1) is 16.8. The Balaban J connectivity index is 1.75. The lowest BCUT2D eigenvalue weighted by molar-refractivity contribution is 0.284. The third-order valence-corrected chi connectivity index (χ3v) is 4.92. The smallest absolute Gasteiger partial charge is 0.161 e. The van der Waals surface area contributed by atoms with Gasteiger partial charge in [-0.3, -0.25) is 0 Å². The summed E-state index contributed by atoms with van der Waals surface area (Å²) in [5, 5.41) is 3.02. The summed E-state index contributed by atoms with van der Waals surface area (Å²) in [6.45, 7) is 2.57. The second-order valence-electron chi connectivity index (χ2n) is 5.39. The van der Waals surface area contributed by atoms with Gasteiger partial charge in [0.05, 0.1) is 7.11 Å². The normalized spacial score (nSPS) is 10.6. The first-order valence-corrected chi connectivity index (χ1v) is 8.97. The molecule has 0 unspecified atom stereocenters. The van der Waals surface area contributed by atoms with E-state index in [0.29, 0.717) is 18.2 Å². The van der Waals surface area contributed by atoms with Crippen molar-refractivity contribution in [3.8, 4) is 22.1 Å². The van der Waals surface area contributed by atoms with Crippen molar-refractivity contribution in [1.29, 1.82) is 0 Å². The molecule has 0 aliphatic rings. The van der Waals surface area contributed by atoms with Crippen molar-refractivity contribution in [2.45, 2.75) is 19.4 Å². The van der Waals surface area contributed by atoms with Crippen LogP contribution in [0, 0.1) is 6.92 Å². The maximum absolute atomic E-state index is 5.94. The minimum absolute atomic E-state index is 0.452. The highest BCUT2D eigenvalue weighted by molar-refractivity contribution is 7.13. The highest BCUT2D eigenvalue weighted by Crippen LogP contribution is 2.30. The van der Waals surface area contributed by atoms with Gasteiger partial charge in [-0.05, 0) is 41.8 Å². The highest BCUT2D eigenvalue weighted by Gasteiger charge is 2.08. The largest absolute Gasteiger partial charge is 0.493 e. The molecule has 0 atom stereocenters. The number of hydrogen-bond acceptors (Lipinski definition) is 4. The highest BCUT2D eigenvalue weighted by atomic mass is 35.5. The SMILES string of the molecule is COc1cc(CCl)ccc1OCc1ccc(-c2nccs2)cc1C. The minimum atomic E-state index is 0.452. The molecule has 3 nitrogen and oxygen atoms in total. The fourth-order valence-corrected chi connectivity index (χ4v) is 3.23. The summed E-state index contributed by atoms with van der Waals surface area (Å²) in [6, 6.07) is 12.1. The Hall–Kier alpha value is -2.04.